The lowest BCUT2D eigenvalue weighted by Crippen LogP contribution is -2.27. The molecule has 3 aromatic carbocycles. The highest BCUT2D eigenvalue weighted by Crippen LogP contribution is 2.35. The van der Waals surface area contributed by atoms with E-state index in [2.05, 4.69) is 14.9 Å². The molecule has 188 valence electrons. The molecule has 0 spiro atoms. The summed E-state index contributed by atoms with van der Waals surface area (Å²) >= 11 is 1.16. The lowest BCUT2D eigenvalue weighted by molar-refractivity contribution is -0.157. The Labute approximate surface area is 212 Å². The van der Waals surface area contributed by atoms with Crippen molar-refractivity contribution in [1.82, 2.24) is 10.2 Å². The Morgan fingerprint density at radius 3 is 2.56 bits per heavy atom. The smallest absolute Gasteiger partial charge is 0.344 e. The summed E-state index contributed by atoms with van der Waals surface area (Å²) in [6, 6.07) is 15.9. The monoisotopic (exact) mass is 510 g/mol. The summed E-state index contributed by atoms with van der Waals surface area (Å²) in [5.41, 5.74) is 8.61. The number of aromatic nitrogens is 2. The molecule has 4 aromatic rings. The molecular weight excluding hydrogens is 483 g/mol. The predicted molar refractivity (Wildman–Crippen MR) is 140 cm³/mol. The van der Waals surface area contributed by atoms with Crippen LogP contribution in [0, 0.1) is 5.82 Å². The zero-order chi connectivity index (χ0) is 25.9. The summed E-state index contributed by atoms with van der Waals surface area (Å²) in [4.78, 5) is 12.6. The second-order valence-electron chi connectivity index (χ2n) is 8.96. The maximum absolute atomic E-state index is 14.1. The van der Waals surface area contributed by atoms with Crippen LogP contribution in [0.3, 0.4) is 0 Å². The van der Waals surface area contributed by atoms with E-state index in [1.165, 1.54) is 13.2 Å². The van der Waals surface area contributed by atoms with Crippen LogP contribution < -0.4 is 19.9 Å². The normalized spacial score (nSPS) is 11.4. The number of methoxy groups -OCH3 is 1. The quantitative estimate of drug-likeness (QED) is 0.201. The molecule has 0 bridgehead atoms. The molecule has 0 fully saturated rings. The lowest BCUT2D eigenvalue weighted by Gasteiger charge is -2.19. The number of ether oxygens (including phenoxy) is 3. The maximum atomic E-state index is 14.1. The molecule has 0 unspecified atom stereocenters. The van der Waals surface area contributed by atoms with E-state index < -0.39 is 11.6 Å². The SMILES string of the molecule is COc1ccc(F)c(SNc2ccc(-c3cc(OCC(=O)OC(C)(C)C)c4c(N)n[nH]c4c3)cc2)c1. The van der Waals surface area contributed by atoms with E-state index in [0.29, 0.717) is 27.3 Å². The van der Waals surface area contributed by atoms with Gasteiger partial charge in [-0.25, -0.2) is 9.18 Å². The van der Waals surface area contributed by atoms with Gasteiger partial charge in [0.2, 0.25) is 0 Å². The molecule has 4 rings (SSSR count). The summed E-state index contributed by atoms with van der Waals surface area (Å²) < 4.78 is 33.5. The van der Waals surface area contributed by atoms with Gasteiger partial charge in [-0.05, 0) is 86.3 Å². The highest BCUT2D eigenvalue weighted by Gasteiger charge is 2.19. The molecule has 0 atom stereocenters. The Balaban J connectivity index is 1.52. The minimum Gasteiger partial charge on any atom is -0.497 e. The molecule has 0 aliphatic rings. The second-order valence-corrected chi connectivity index (χ2v) is 9.81. The van der Waals surface area contributed by atoms with Crippen molar-refractivity contribution in [2.75, 3.05) is 24.2 Å². The van der Waals surface area contributed by atoms with Crippen molar-refractivity contribution >= 4 is 40.3 Å². The molecule has 0 radical (unpaired) electrons. The van der Waals surface area contributed by atoms with Crippen LogP contribution in [-0.4, -0.2) is 35.5 Å². The van der Waals surface area contributed by atoms with Crippen LogP contribution in [0.2, 0.25) is 0 Å². The average Bonchev–Trinajstić information content (AvgIpc) is 3.22. The van der Waals surface area contributed by atoms with E-state index in [0.717, 1.165) is 28.8 Å². The van der Waals surface area contributed by atoms with Crippen LogP contribution in [-0.2, 0) is 9.53 Å². The van der Waals surface area contributed by atoms with E-state index >= 15 is 0 Å². The Morgan fingerprint density at radius 2 is 1.86 bits per heavy atom. The van der Waals surface area contributed by atoms with Crippen LogP contribution in [0.15, 0.2) is 59.5 Å². The minimum atomic E-state index is -0.612. The molecule has 0 amide bonds. The third kappa shape index (κ3) is 6.01. The van der Waals surface area contributed by atoms with Gasteiger partial charge in [0.05, 0.1) is 22.9 Å². The Kier molecular flexibility index (Phi) is 7.25. The number of hydrogen-bond acceptors (Lipinski definition) is 8. The molecule has 36 heavy (non-hydrogen) atoms. The van der Waals surface area contributed by atoms with Crippen LogP contribution in [0.4, 0.5) is 15.9 Å². The fraction of sp³-hybridized carbons (Fsp3) is 0.231. The number of rotatable bonds is 8. The van der Waals surface area contributed by atoms with Crippen molar-refractivity contribution < 1.29 is 23.4 Å². The standard InChI is InChI=1S/C26H27FN4O4S/c1-26(2,3)35-23(32)14-34-21-12-16(11-20-24(21)25(28)30-29-20)15-5-7-17(8-6-15)31-36-22-13-18(33-4)9-10-19(22)27/h5-13,31H,14H2,1-4H3,(H3,28,29,30). The van der Waals surface area contributed by atoms with Gasteiger partial charge in [-0.3, -0.25) is 5.10 Å². The van der Waals surface area contributed by atoms with Crippen LogP contribution in [0.1, 0.15) is 20.8 Å². The van der Waals surface area contributed by atoms with Gasteiger partial charge in [-0.2, -0.15) is 5.10 Å². The van der Waals surface area contributed by atoms with Gasteiger partial charge in [0.15, 0.2) is 12.4 Å². The number of H-pyrrole nitrogens is 1. The average molecular weight is 511 g/mol. The number of nitrogens with zero attached hydrogens (tertiary/aromatic N) is 1. The molecular formula is C26H27FN4O4S. The minimum absolute atomic E-state index is 0.263. The van der Waals surface area contributed by atoms with Crippen molar-refractivity contribution in [3.63, 3.8) is 0 Å². The zero-order valence-corrected chi connectivity index (χ0v) is 21.2. The molecule has 0 aliphatic carbocycles. The predicted octanol–water partition coefficient (Wildman–Crippen LogP) is 5.80. The number of aromatic amines is 1. The first-order valence-corrected chi connectivity index (χ1v) is 11.9. The first kappa shape index (κ1) is 25.2. The molecule has 0 saturated carbocycles. The highest BCUT2D eigenvalue weighted by atomic mass is 32.2. The number of hydrogen-bond donors (Lipinski definition) is 3. The summed E-state index contributed by atoms with van der Waals surface area (Å²) in [6.07, 6.45) is 0. The Morgan fingerprint density at radius 1 is 1.11 bits per heavy atom. The van der Waals surface area contributed by atoms with Crippen LogP contribution >= 0.6 is 11.9 Å². The fourth-order valence-corrected chi connectivity index (χ4v) is 4.17. The van der Waals surface area contributed by atoms with Gasteiger partial charge in [0.25, 0.3) is 0 Å². The number of anilines is 2. The molecule has 10 heteroatoms. The first-order chi connectivity index (χ1) is 17.1. The van der Waals surface area contributed by atoms with Crippen molar-refractivity contribution in [3.8, 4) is 22.6 Å². The number of fused-ring (bicyclic) bond motifs is 1. The third-order valence-electron chi connectivity index (χ3n) is 5.06. The number of esters is 1. The number of halogens is 1. The van der Waals surface area contributed by atoms with Crippen molar-refractivity contribution in [1.29, 1.82) is 0 Å². The molecule has 0 aliphatic heterocycles. The van der Waals surface area contributed by atoms with E-state index in [-0.39, 0.29) is 18.2 Å². The second kappa shape index (κ2) is 10.4. The van der Waals surface area contributed by atoms with E-state index in [1.807, 2.05) is 30.3 Å². The van der Waals surface area contributed by atoms with Gasteiger partial charge >= 0.3 is 5.97 Å². The summed E-state index contributed by atoms with van der Waals surface area (Å²) in [5, 5.41) is 7.56. The van der Waals surface area contributed by atoms with Gasteiger partial charge in [-0.1, -0.05) is 12.1 Å². The third-order valence-corrected chi connectivity index (χ3v) is 5.93. The van der Waals surface area contributed by atoms with Gasteiger partial charge in [0.1, 0.15) is 22.9 Å². The number of carbonyl (C=O) groups excluding carboxylic acids is 1. The number of benzene rings is 3. The summed E-state index contributed by atoms with van der Waals surface area (Å²) in [6.45, 7) is 5.12. The molecule has 4 N–H and O–H groups in total. The zero-order valence-electron chi connectivity index (χ0n) is 20.3. The maximum Gasteiger partial charge on any atom is 0.344 e. The molecule has 8 nitrogen and oxygen atoms in total. The topological polar surface area (TPSA) is 111 Å². The van der Waals surface area contributed by atoms with Gasteiger partial charge in [0, 0.05) is 5.69 Å². The largest absolute Gasteiger partial charge is 0.497 e. The first-order valence-electron chi connectivity index (χ1n) is 11.1. The number of carbonyl (C=O) groups is 1. The molecule has 0 saturated heterocycles. The number of nitrogens with two attached hydrogens (primary N) is 1. The van der Waals surface area contributed by atoms with Crippen molar-refractivity contribution in [3.05, 3.63) is 60.4 Å². The molecule has 1 aromatic heterocycles. The lowest BCUT2D eigenvalue weighted by atomic mass is 10.0. The number of nitrogen functional groups attached to an aromatic ring is 1. The van der Waals surface area contributed by atoms with Gasteiger partial charge < -0.3 is 24.7 Å². The Bertz CT molecular complexity index is 1380. The van der Waals surface area contributed by atoms with Crippen molar-refractivity contribution in [2.24, 2.45) is 0 Å². The van der Waals surface area contributed by atoms with E-state index in [9.17, 15) is 9.18 Å². The van der Waals surface area contributed by atoms with Crippen LogP contribution in [0.5, 0.6) is 11.5 Å². The van der Waals surface area contributed by atoms with Gasteiger partial charge in [-0.15, -0.1) is 0 Å². The van der Waals surface area contributed by atoms with E-state index in [1.54, 1.807) is 39.0 Å². The fourth-order valence-electron chi connectivity index (χ4n) is 3.47. The highest BCUT2D eigenvalue weighted by molar-refractivity contribution is 8.00. The van der Waals surface area contributed by atoms with Crippen molar-refractivity contribution in [2.45, 2.75) is 31.3 Å². The molecule has 1 heterocycles. The van der Waals surface area contributed by atoms with Crippen LogP contribution in [0.25, 0.3) is 22.0 Å². The summed E-state index contributed by atoms with van der Waals surface area (Å²) in [7, 11) is 1.54. The number of nitrogens with one attached hydrogen (secondary N) is 2. The van der Waals surface area contributed by atoms with E-state index in [4.69, 9.17) is 19.9 Å². The Hall–Kier alpha value is -3.92. The summed E-state index contributed by atoms with van der Waals surface area (Å²) in [5.74, 6) is 0.456.